The number of benzene rings is 1. The van der Waals surface area contributed by atoms with Crippen molar-refractivity contribution in [2.24, 2.45) is 0 Å². The van der Waals surface area contributed by atoms with Crippen LogP contribution in [0.4, 0.5) is 4.39 Å². The van der Waals surface area contributed by atoms with Gasteiger partial charge in [-0.15, -0.1) is 0 Å². The van der Waals surface area contributed by atoms with Gasteiger partial charge in [0.15, 0.2) is 0 Å². The first-order valence-electron chi connectivity index (χ1n) is 5.44. The summed E-state index contributed by atoms with van der Waals surface area (Å²) in [7, 11) is 0. The Morgan fingerprint density at radius 2 is 2.31 bits per heavy atom. The maximum atomic E-state index is 13.3. The van der Waals surface area contributed by atoms with Gasteiger partial charge in [0, 0.05) is 17.9 Å². The van der Waals surface area contributed by atoms with Gasteiger partial charge in [0.2, 0.25) is 0 Å². The molecule has 1 aliphatic heterocycles. The van der Waals surface area contributed by atoms with Crippen LogP contribution in [-0.4, -0.2) is 22.8 Å². The summed E-state index contributed by atoms with van der Waals surface area (Å²) in [6.07, 6.45) is 2.45. The molecule has 0 amide bonds. The molecule has 4 heteroatoms. The second kappa shape index (κ2) is 5.48. The maximum Gasteiger partial charge on any atom is 0.142 e. The van der Waals surface area contributed by atoms with Crippen LogP contribution in [-0.2, 0) is 6.54 Å². The van der Waals surface area contributed by atoms with E-state index in [1.807, 2.05) is 6.07 Å². The number of halogens is 3. The van der Waals surface area contributed by atoms with Crippen LogP contribution in [0.2, 0.25) is 5.02 Å². The van der Waals surface area contributed by atoms with Gasteiger partial charge in [-0.25, -0.2) is 4.39 Å². The minimum atomic E-state index is -0.325. The van der Waals surface area contributed by atoms with E-state index >= 15 is 0 Å². The predicted octanol–water partition coefficient (Wildman–Crippen LogP) is 3.84. The van der Waals surface area contributed by atoms with Gasteiger partial charge in [-0.3, -0.25) is 4.90 Å². The number of alkyl halides is 1. The van der Waals surface area contributed by atoms with Crippen molar-refractivity contribution in [2.75, 3.05) is 11.9 Å². The van der Waals surface area contributed by atoms with Crippen molar-refractivity contribution in [1.29, 1.82) is 0 Å². The summed E-state index contributed by atoms with van der Waals surface area (Å²) < 4.78 is 13.3. The highest BCUT2D eigenvalue weighted by Gasteiger charge is 2.23. The summed E-state index contributed by atoms with van der Waals surface area (Å²) >= 11 is 9.18. The summed E-state index contributed by atoms with van der Waals surface area (Å²) in [5.41, 5.74) is 0.995. The Kier molecular flexibility index (Phi) is 4.22. The molecule has 16 heavy (non-hydrogen) atoms. The fourth-order valence-corrected chi connectivity index (χ4v) is 3.00. The standard InChI is InChI=1S/C12H14BrClFN/c13-7-10-2-1-5-16(10)8-9-3-4-11(14)12(15)6-9/h3-4,6,10H,1-2,5,7-8H2. The van der Waals surface area contributed by atoms with Crippen LogP contribution in [0.5, 0.6) is 0 Å². The second-order valence-corrected chi connectivity index (χ2v) is 5.22. The van der Waals surface area contributed by atoms with Gasteiger partial charge in [0.05, 0.1) is 5.02 Å². The van der Waals surface area contributed by atoms with Crippen molar-refractivity contribution in [1.82, 2.24) is 4.90 Å². The number of rotatable bonds is 3. The fourth-order valence-electron chi connectivity index (χ4n) is 2.15. The summed E-state index contributed by atoms with van der Waals surface area (Å²) in [4.78, 5) is 2.39. The van der Waals surface area contributed by atoms with E-state index in [2.05, 4.69) is 20.8 Å². The molecule has 0 aromatic heterocycles. The minimum Gasteiger partial charge on any atom is -0.295 e. The van der Waals surface area contributed by atoms with Crippen molar-refractivity contribution in [3.63, 3.8) is 0 Å². The second-order valence-electron chi connectivity index (χ2n) is 4.17. The van der Waals surface area contributed by atoms with E-state index in [0.717, 1.165) is 24.0 Å². The van der Waals surface area contributed by atoms with Crippen LogP contribution in [0, 0.1) is 5.82 Å². The van der Waals surface area contributed by atoms with Gasteiger partial charge in [0.25, 0.3) is 0 Å². The Hall–Kier alpha value is -0.120. The Labute approximate surface area is 109 Å². The van der Waals surface area contributed by atoms with E-state index in [1.54, 1.807) is 6.07 Å². The zero-order chi connectivity index (χ0) is 11.5. The fraction of sp³-hybridized carbons (Fsp3) is 0.500. The molecule has 1 saturated heterocycles. The zero-order valence-corrected chi connectivity index (χ0v) is 11.3. The molecule has 0 saturated carbocycles. The van der Waals surface area contributed by atoms with Gasteiger partial charge >= 0.3 is 0 Å². The monoisotopic (exact) mass is 305 g/mol. The molecule has 0 N–H and O–H groups in total. The Morgan fingerprint density at radius 3 is 3.00 bits per heavy atom. The summed E-state index contributed by atoms with van der Waals surface area (Å²) in [6, 6.07) is 5.64. The lowest BCUT2D eigenvalue weighted by atomic mass is 10.2. The first-order chi connectivity index (χ1) is 7.70. The number of likely N-dealkylation sites (tertiary alicyclic amines) is 1. The highest BCUT2D eigenvalue weighted by atomic mass is 79.9. The van der Waals surface area contributed by atoms with Crippen LogP contribution in [0.25, 0.3) is 0 Å². The number of nitrogens with zero attached hydrogens (tertiary/aromatic N) is 1. The van der Waals surface area contributed by atoms with Gasteiger partial charge in [-0.2, -0.15) is 0 Å². The van der Waals surface area contributed by atoms with Gasteiger partial charge < -0.3 is 0 Å². The molecule has 1 aliphatic rings. The van der Waals surface area contributed by atoms with Crippen molar-refractivity contribution in [3.05, 3.63) is 34.6 Å². The molecule has 1 aromatic carbocycles. The normalized spacial score (nSPS) is 21.6. The lowest BCUT2D eigenvalue weighted by Gasteiger charge is -2.22. The summed E-state index contributed by atoms with van der Waals surface area (Å²) in [5, 5.41) is 1.19. The van der Waals surface area contributed by atoms with Crippen LogP contribution in [0.15, 0.2) is 18.2 Å². The van der Waals surface area contributed by atoms with E-state index in [-0.39, 0.29) is 10.8 Å². The van der Waals surface area contributed by atoms with E-state index in [4.69, 9.17) is 11.6 Å². The van der Waals surface area contributed by atoms with Crippen LogP contribution in [0.1, 0.15) is 18.4 Å². The summed E-state index contributed by atoms with van der Waals surface area (Å²) in [6.45, 7) is 1.91. The predicted molar refractivity (Wildman–Crippen MR) is 68.6 cm³/mol. The third-order valence-electron chi connectivity index (χ3n) is 3.05. The maximum absolute atomic E-state index is 13.3. The van der Waals surface area contributed by atoms with Gasteiger partial charge in [0.1, 0.15) is 5.82 Å². The van der Waals surface area contributed by atoms with E-state index in [1.165, 1.54) is 18.9 Å². The smallest absolute Gasteiger partial charge is 0.142 e. The molecule has 1 aromatic rings. The molecule has 88 valence electrons. The molecule has 0 aliphatic carbocycles. The average Bonchev–Trinajstić information content (AvgIpc) is 2.71. The van der Waals surface area contributed by atoms with Gasteiger partial charge in [-0.05, 0) is 37.1 Å². The lowest BCUT2D eigenvalue weighted by Crippen LogP contribution is -2.29. The molecule has 1 atom stereocenters. The first-order valence-corrected chi connectivity index (χ1v) is 6.94. The third kappa shape index (κ3) is 2.76. The largest absolute Gasteiger partial charge is 0.295 e. The molecule has 0 radical (unpaired) electrons. The molecule has 1 nitrogen and oxygen atoms in total. The quantitative estimate of drug-likeness (QED) is 0.767. The average molecular weight is 307 g/mol. The molecule has 0 bridgehead atoms. The highest BCUT2D eigenvalue weighted by Crippen LogP contribution is 2.23. The molecular formula is C12H14BrClFN. The van der Waals surface area contributed by atoms with E-state index in [0.29, 0.717) is 6.04 Å². The lowest BCUT2D eigenvalue weighted by molar-refractivity contribution is 0.264. The highest BCUT2D eigenvalue weighted by molar-refractivity contribution is 9.09. The Balaban J connectivity index is 2.05. The van der Waals surface area contributed by atoms with Gasteiger partial charge in [-0.1, -0.05) is 33.6 Å². The molecule has 0 spiro atoms. The van der Waals surface area contributed by atoms with Crippen LogP contribution in [0.3, 0.4) is 0 Å². The Morgan fingerprint density at radius 1 is 1.50 bits per heavy atom. The number of hydrogen-bond acceptors (Lipinski definition) is 1. The first kappa shape index (κ1) is 12.3. The molecule has 1 unspecified atom stereocenters. The number of hydrogen-bond donors (Lipinski definition) is 0. The zero-order valence-electron chi connectivity index (χ0n) is 8.93. The van der Waals surface area contributed by atoms with Crippen LogP contribution >= 0.6 is 27.5 Å². The molecule has 1 heterocycles. The molecule has 1 fully saturated rings. The van der Waals surface area contributed by atoms with Crippen molar-refractivity contribution < 1.29 is 4.39 Å². The third-order valence-corrected chi connectivity index (χ3v) is 4.10. The van der Waals surface area contributed by atoms with Crippen molar-refractivity contribution in [2.45, 2.75) is 25.4 Å². The molecule has 2 rings (SSSR count). The topological polar surface area (TPSA) is 3.24 Å². The summed E-state index contributed by atoms with van der Waals surface area (Å²) in [5.74, 6) is -0.325. The van der Waals surface area contributed by atoms with Crippen molar-refractivity contribution in [3.8, 4) is 0 Å². The van der Waals surface area contributed by atoms with Crippen LogP contribution < -0.4 is 0 Å². The molecular weight excluding hydrogens is 292 g/mol. The minimum absolute atomic E-state index is 0.196. The SMILES string of the molecule is Fc1cc(CN2CCCC2CBr)ccc1Cl. The van der Waals surface area contributed by atoms with E-state index in [9.17, 15) is 4.39 Å². The van der Waals surface area contributed by atoms with Crippen molar-refractivity contribution >= 4 is 27.5 Å². The van der Waals surface area contributed by atoms with E-state index < -0.39 is 0 Å². The Bertz CT molecular complexity index is 372.